The van der Waals surface area contributed by atoms with Crippen molar-refractivity contribution in [3.05, 3.63) is 56.7 Å². The van der Waals surface area contributed by atoms with Crippen LogP contribution in [-0.4, -0.2) is 26.0 Å². The van der Waals surface area contributed by atoms with E-state index in [2.05, 4.69) is 20.8 Å². The molecule has 2 aromatic rings. The third-order valence-corrected chi connectivity index (χ3v) is 3.53. The summed E-state index contributed by atoms with van der Waals surface area (Å²) in [6.07, 6.45) is 2.66. The number of unbranched alkanes of at least 4 members (excludes halogenated alkanes) is 1. The Bertz CT molecular complexity index is 874. The molecule has 0 saturated heterocycles. The predicted molar refractivity (Wildman–Crippen MR) is 101 cm³/mol. The fraction of sp³-hybridized carbons (Fsp3) is 0.250. The number of anilines is 1. The molecule has 0 aliphatic heterocycles. The number of aromatic amines is 1. The summed E-state index contributed by atoms with van der Waals surface area (Å²) >= 11 is 5.08. The quantitative estimate of drug-likeness (QED) is 0.351. The first-order valence-electron chi connectivity index (χ1n) is 7.74. The normalized spacial score (nSPS) is 10.8. The van der Waals surface area contributed by atoms with E-state index in [1.54, 1.807) is 0 Å². The van der Waals surface area contributed by atoms with Gasteiger partial charge in [-0.25, -0.2) is 4.79 Å². The van der Waals surface area contributed by atoms with Crippen LogP contribution in [0.2, 0.25) is 0 Å². The van der Waals surface area contributed by atoms with Crippen LogP contribution < -0.4 is 22.0 Å². The minimum Gasteiger partial charge on any atom is -0.494 e. The summed E-state index contributed by atoms with van der Waals surface area (Å²) in [6.45, 7) is 2.26. The van der Waals surface area contributed by atoms with E-state index >= 15 is 0 Å². The maximum absolute atomic E-state index is 11.9. The molecule has 4 N–H and O–H groups in total. The predicted octanol–water partition coefficient (Wildman–Crippen LogP) is 1.36. The van der Waals surface area contributed by atoms with Crippen molar-refractivity contribution in [3.8, 4) is 5.88 Å². The Morgan fingerprint density at radius 2 is 2.08 bits per heavy atom. The van der Waals surface area contributed by atoms with Gasteiger partial charge in [0.1, 0.15) is 5.56 Å². The van der Waals surface area contributed by atoms with Crippen LogP contribution in [0.15, 0.2) is 45.0 Å². The molecule has 0 saturated carbocycles. The van der Waals surface area contributed by atoms with Gasteiger partial charge in [0, 0.05) is 12.2 Å². The average molecular weight is 361 g/mol. The Morgan fingerprint density at radius 1 is 1.36 bits per heavy atom. The number of hydrogen-bond acceptors (Lipinski definition) is 5. The lowest BCUT2D eigenvalue weighted by molar-refractivity contribution is 0.394. The van der Waals surface area contributed by atoms with Crippen molar-refractivity contribution in [1.29, 1.82) is 0 Å². The number of nitrogens with one attached hydrogen (secondary N) is 3. The van der Waals surface area contributed by atoms with Crippen LogP contribution in [0.3, 0.4) is 0 Å². The summed E-state index contributed by atoms with van der Waals surface area (Å²) in [5.41, 5.74) is 1.84. The minimum absolute atomic E-state index is 0.120. The largest absolute Gasteiger partial charge is 0.494 e. The maximum atomic E-state index is 11.9. The standard InChI is InChI=1S/C16H19N5O3S/c1-2-3-9-21-14(23)12(13(22)19-16(21)24)10-17-20-15(25)18-11-7-5-4-6-8-11/h4-8,10,23H,2-3,9H2,1H3,(H2,18,20,25)(H,19,22,24). The summed E-state index contributed by atoms with van der Waals surface area (Å²) < 4.78 is 1.10. The number of hydrogen-bond donors (Lipinski definition) is 4. The molecule has 0 atom stereocenters. The highest BCUT2D eigenvalue weighted by Crippen LogP contribution is 2.09. The summed E-state index contributed by atoms with van der Waals surface area (Å²) in [6, 6.07) is 9.24. The van der Waals surface area contributed by atoms with E-state index in [9.17, 15) is 14.7 Å². The monoisotopic (exact) mass is 361 g/mol. The molecule has 2 rings (SSSR count). The highest BCUT2D eigenvalue weighted by molar-refractivity contribution is 7.80. The zero-order valence-corrected chi connectivity index (χ0v) is 14.5. The molecule has 9 heteroatoms. The number of benzene rings is 1. The molecule has 1 heterocycles. The molecular formula is C16H19N5O3S. The molecule has 132 valence electrons. The fourth-order valence-corrected chi connectivity index (χ4v) is 2.22. The van der Waals surface area contributed by atoms with E-state index in [0.717, 1.165) is 22.9 Å². The van der Waals surface area contributed by atoms with E-state index in [-0.39, 0.29) is 10.7 Å². The van der Waals surface area contributed by atoms with Crippen molar-refractivity contribution in [2.75, 3.05) is 5.32 Å². The van der Waals surface area contributed by atoms with Gasteiger partial charge in [-0.1, -0.05) is 31.5 Å². The number of H-pyrrole nitrogens is 1. The molecule has 0 bridgehead atoms. The van der Waals surface area contributed by atoms with Gasteiger partial charge >= 0.3 is 5.69 Å². The first-order valence-corrected chi connectivity index (χ1v) is 8.15. The molecular weight excluding hydrogens is 342 g/mol. The zero-order valence-electron chi connectivity index (χ0n) is 13.7. The minimum atomic E-state index is -0.720. The van der Waals surface area contributed by atoms with Crippen LogP contribution in [0.5, 0.6) is 5.88 Å². The highest BCUT2D eigenvalue weighted by Gasteiger charge is 2.12. The lowest BCUT2D eigenvalue weighted by Crippen LogP contribution is -2.32. The second-order valence-electron chi connectivity index (χ2n) is 5.19. The van der Waals surface area contributed by atoms with Crippen molar-refractivity contribution in [1.82, 2.24) is 15.0 Å². The maximum Gasteiger partial charge on any atom is 0.331 e. The second-order valence-corrected chi connectivity index (χ2v) is 5.60. The van der Waals surface area contributed by atoms with E-state index in [1.165, 1.54) is 0 Å². The molecule has 0 radical (unpaired) electrons. The van der Waals surface area contributed by atoms with Gasteiger partial charge in [-0.2, -0.15) is 5.10 Å². The van der Waals surface area contributed by atoms with E-state index in [0.29, 0.717) is 13.0 Å². The van der Waals surface area contributed by atoms with Crippen LogP contribution in [-0.2, 0) is 6.54 Å². The van der Waals surface area contributed by atoms with Gasteiger partial charge in [0.2, 0.25) is 5.88 Å². The second kappa shape index (κ2) is 8.78. The number of nitrogens with zero attached hydrogens (tertiary/aromatic N) is 2. The van der Waals surface area contributed by atoms with Crippen LogP contribution in [0, 0.1) is 0 Å². The Labute approximate surface area is 149 Å². The van der Waals surface area contributed by atoms with Gasteiger partial charge in [0.05, 0.1) is 6.21 Å². The lowest BCUT2D eigenvalue weighted by Gasteiger charge is -2.09. The van der Waals surface area contributed by atoms with Gasteiger partial charge in [-0.05, 0) is 30.8 Å². The first-order chi connectivity index (χ1) is 12.0. The Balaban J connectivity index is 2.11. The topological polar surface area (TPSA) is 112 Å². The van der Waals surface area contributed by atoms with Crippen molar-refractivity contribution in [2.24, 2.45) is 5.10 Å². The van der Waals surface area contributed by atoms with Crippen LogP contribution in [0.1, 0.15) is 25.3 Å². The summed E-state index contributed by atoms with van der Waals surface area (Å²) in [5, 5.41) is 17.1. The molecule has 0 aliphatic rings. The number of thiocarbonyl (C=S) groups is 1. The van der Waals surface area contributed by atoms with Gasteiger partial charge in [0.15, 0.2) is 5.11 Å². The molecule has 25 heavy (non-hydrogen) atoms. The average Bonchev–Trinajstić information content (AvgIpc) is 2.58. The number of hydrazone groups is 1. The van der Waals surface area contributed by atoms with Gasteiger partial charge < -0.3 is 10.4 Å². The molecule has 0 unspecified atom stereocenters. The van der Waals surface area contributed by atoms with Gasteiger partial charge in [0.25, 0.3) is 5.56 Å². The molecule has 1 aromatic heterocycles. The SMILES string of the molecule is CCCCn1c(O)c(C=NNC(=S)Nc2ccccc2)c(=O)[nH]c1=O. The van der Waals surface area contributed by atoms with Crippen molar-refractivity contribution in [2.45, 2.75) is 26.3 Å². The summed E-state index contributed by atoms with van der Waals surface area (Å²) in [7, 11) is 0. The smallest absolute Gasteiger partial charge is 0.331 e. The van der Waals surface area contributed by atoms with Crippen LogP contribution in [0.25, 0.3) is 0 Å². The first kappa shape index (κ1) is 18.4. The summed E-state index contributed by atoms with van der Waals surface area (Å²) in [4.78, 5) is 25.8. The van der Waals surface area contributed by atoms with E-state index in [1.807, 2.05) is 37.3 Å². The highest BCUT2D eigenvalue weighted by atomic mass is 32.1. The Hall–Kier alpha value is -2.94. The molecule has 0 amide bonds. The fourth-order valence-electron chi connectivity index (χ4n) is 2.05. The van der Waals surface area contributed by atoms with Crippen molar-refractivity contribution in [3.63, 3.8) is 0 Å². The van der Waals surface area contributed by atoms with Crippen molar-refractivity contribution >= 4 is 29.2 Å². The van der Waals surface area contributed by atoms with E-state index < -0.39 is 17.1 Å². The summed E-state index contributed by atoms with van der Waals surface area (Å²) in [5.74, 6) is -0.422. The zero-order chi connectivity index (χ0) is 18.2. The lowest BCUT2D eigenvalue weighted by atomic mass is 10.3. The number of aromatic nitrogens is 2. The van der Waals surface area contributed by atoms with Crippen LogP contribution >= 0.6 is 12.2 Å². The van der Waals surface area contributed by atoms with Gasteiger partial charge in [-0.3, -0.25) is 19.8 Å². The van der Waals surface area contributed by atoms with E-state index in [4.69, 9.17) is 12.2 Å². The third kappa shape index (κ3) is 5.01. The molecule has 1 aromatic carbocycles. The molecule has 0 aliphatic carbocycles. The third-order valence-electron chi connectivity index (χ3n) is 3.33. The Morgan fingerprint density at radius 3 is 2.76 bits per heavy atom. The Kier molecular flexibility index (Phi) is 6.47. The van der Waals surface area contributed by atoms with Crippen LogP contribution in [0.4, 0.5) is 5.69 Å². The number of rotatable bonds is 6. The molecule has 0 spiro atoms. The molecule has 0 fully saturated rings. The van der Waals surface area contributed by atoms with Crippen molar-refractivity contribution < 1.29 is 5.11 Å². The van der Waals surface area contributed by atoms with Gasteiger partial charge in [-0.15, -0.1) is 0 Å². The number of para-hydroxylation sites is 1. The molecule has 8 nitrogen and oxygen atoms in total. The number of aromatic hydroxyl groups is 1.